The van der Waals surface area contributed by atoms with Gasteiger partial charge in [-0.1, -0.05) is 0 Å². The van der Waals surface area contributed by atoms with Crippen molar-refractivity contribution in [3.05, 3.63) is 64.4 Å². The predicted octanol–water partition coefficient (Wildman–Crippen LogP) is 2.77. The first-order valence-electron chi connectivity index (χ1n) is 7.24. The summed E-state index contributed by atoms with van der Waals surface area (Å²) in [6.45, 7) is 0. The van der Waals surface area contributed by atoms with Gasteiger partial charge in [0.05, 0.1) is 17.7 Å². The van der Waals surface area contributed by atoms with Crippen LogP contribution < -0.4 is 15.4 Å². The van der Waals surface area contributed by atoms with Crippen molar-refractivity contribution in [3.8, 4) is 17.6 Å². The van der Waals surface area contributed by atoms with Crippen molar-refractivity contribution in [3.63, 3.8) is 0 Å². The molecular formula is C17H14N4O5. The van der Waals surface area contributed by atoms with E-state index in [-0.39, 0.29) is 22.7 Å². The number of nitriles is 1. The van der Waals surface area contributed by atoms with Crippen LogP contribution in [0.1, 0.15) is 0 Å². The van der Waals surface area contributed by atoms with Gasteiger partial charge < -0.3 is 20.5 Å². The number of hydrogen-bond donors (Lipinski definition) is 3. The third-order valence-corrected chi connectivity index (χ3v) is 3.26. The minimum Gasteiger partial charge on any atom is -0.508 e. The van der Waals surface area contributed by atoms with Crippen molar-refractivity contribution < 1.29 is 19.6 Å². The summed E-state index contributed by atoms with van der Waals surface area (Å²) in [4.78, 5) is 22.4. The van der Waals surface area contributed by atoms with Gasteiger partial charge in [0.15, 0.2) is 0 Å². The van der Waals surface area contributed by atoms with Gasteiger partial charge in [0.1, 0.15) is 23.1 Å². The standard InChI is InChI=1S/C17H14N4O5/c1-26-16-7-4-13(21(24)25)8-15(16)19-10-11(9-18)17(23)20-12-2-5-14(22)6-3-12/h2-8,10,19,22H,1H3,(H,20,23)/b11-10-. The van der Waals surface area contributed by atoms with E-state index in [2.05, 4.69) is 10.6 Å². The van der Waals surface area contributed by atoms with Crippen LogP contribution in [0.25, 0.3) is 0 Å². The van der Waals surface area contributed by atoms with Gasteiger partial charge in [0, 0.05) is 24.0 Å². The van der Waals surface area contributed by atoms with E-state index in [1.807, 2.05) is 0 Å². The van der Waals surface area contributed by atoms with Crippen LogP contribution in [0.2, 0.25) is 0 Å². The Kier molecular flexibility index (Phi) is 5.74. The molecule has 0 heterocycles. The van der Waals surface area contributed by atoms with E-state index in [9.17, 15) is 20.0 Å². The number of nitrogens with zero attached hydrogens (tertiary/aromatic N) is 2. The number of benzene rings is 2. The molecule has 0 radical (unpaired) electrons. The number of phenols is 1. The molecular weight excluding hydrogens is 340 g/mol. The molecule has 0 aliphatic heterocycles. The molecule has 9 heteroatoms. The fraction of sp³-hybridized carbons (Fsp3) is 0.0588. The first kappa shape index (κ1) is 18.3. The van der Waals surface area contributed by atoms with Crippen molar-refractivity contribution >= 4 is 23.0 Å². The van der Waals surface area contributed by atoms with Crippen LogP contribution >= 0.6 is 0 Å². The molecule has 2 aromatic carbocycles. The Morgan fingerprint density at radius 3 is 2.58 bits per heavy atom. The fourth-order valence-corrected chi connectivity index (χ4v) is 1.96. The van der Waals surface area contributed by atoms with Crippen LogP contribution in [0.5, 0.6) is 11.5 Å². The van der Waals surface area contributed by atoms with E-state index in [0.717, 1.165) is 6.20 Å². The highest BCUT2D eigenvalue weighted by atomic mass is 16.6. The number of non-ortho nitro benzene ring substituents is 1. The minimum atomic E-state index is -0.685. The molecule has 0 atom stereocenters. The van der Waals surface area contributed by atoms with Gasteiger partial charge in [-0.25, -0.2) is 0 Å². The fourth-order valence-electron chi connectivity index (χ4n) is 1.96. The second-order valence-corrected chi connectivity index (χ2v) is 4.96. The number of nitrogens with one attached hydrogen (secondary N) is 2. The lowest BCUT2D eigenvalue weighted by Crippen LogP contribution is -2.14. The maximum atomic E-state index is 12.1. The molecule has 0 aromatic heterocycles. The Morgan fingerprint density at radius 1 is 1.31 bits per heavy atom. The maximum absolute atomic E-state index is 12.1. The molecule has 26 heavy (non-hydrogen) atoms. The second-order valence-electron chi connectivity index (χ2n) is 4.96. The van der Waals surface area contributed by atoms with Crippen molar-refractivity contribution in [1.82, 2.24) is 0 Å². The highest BCUT2D eigenvalue weighted by molar-refractivity contribution is 6.06. The first-order chi connectivity index (χ1) is 12.4. The van der Waals surface area contributed by atoms with Gasteiger partial charge in [-0.2, -0.15) is 5.26 Å². The van der Waals surface area contributed by atoms with Gasteiger partial charge in [-0.15, -0.1) is 0 Å². The van der Waals surface area contributed by atoms with Crippen LogP contribution in [-0.4, -0.2) is 23.0 Å². The van der Waals surface area contributed by atoms with E-state index in [4.69, 9.17) is 10.00 Å². The zero-order chi connectivity index (χ0) is 19.1. The number of phenolic OH excluding ortho intramolecular Hbond substituents is 1. The highest BCUT2D eigenvalue weighted by Gasteiger charge is 2.13. The van der Waals surface area contributed by atoms with Gasteiger partial charge in [0.2, 0.25) is 0 Å². The normalized spacial score (nSPS) is 10.5. The average molecular weight is 354 g/mol. The molecule has 1 amide bonds. The third-order valence-electron chi connectivity index (χ3n) is 3.26. The molecule has 0 aliphatic carbocycles. The number of nitro groups is 1. The van der Waals surface area contributed by atoms with Crippen LogP contribution in [0, 0.1) is 21.4 Å². The minimum absolute atomic E-state index is 0.0403. The number of hydrogen-bond acceptors (Lipinski definition) is 7. The van der Waals surface area contributed by atoms with Crippen LogP contribution in [0.4, 0.5) is 17.1 Å². The summed E-state index contributed by atoms with van der Waals surface area (Å²) in [5, 5.41) is 34.4. The molecule has 2 aromatic rings. The number of carbonyl (C=O) groups is 1. The molecule has 0 fully saturated rings. The Bertz CT molecular complexity index is 900. The van der Waals surface area contributed by atoms with E-state index < -0.39 is 10.8 Å². The molecule has 0 unspecified atom stereocenters. The molecule has 0 saturated carbocycles. The largest absolute Gasteiger partial charge is 0.508 e. The molecule has 2 rings (SSSR count). The van der Waals surface area contributed by atoms with E-state index in [1.165, 1.54) is 49.6 Å². The Labute approximate surface area is 148 Å². The van der Waals surface area contributed by atoms with Crippen LogP contribution in [0.15, 0.2) is 54.2 Å². The van der Waals surface area contributed by atoms with Gasteiger partial charge in [-0.05, 0) is 30.3 Å². The summed E-state index contributed by atoms with van der Waals surface area (Å²) in [6.07, 6.45) is 1.12. The average Bonchev–Trinajstić information content (AvgIpc) is 2.63. The van der Waals surface area contributed by atoms with Gasteiger partial charge in [-0.3, -0.25) is 14.9 Å². The number of methoxy groups -OCH3 is 1. The van der Waals surface area contributed by atoms with Gasteiger partial charge >= 0.3 is 0 Å². The lowest BCUT2D eigenvalue weighted by atomic mass is 10.2. The van der Waals surface area contributed by atoms with Crippen molar-refractivity contribution in [2.75, 3.05) is 17.7 Å². The SMILES string of the molecule is COc1ccc([N+](=O)[O-])cc1N/C=C(/C#N)C(=O)Nc1ccc(O)cc1. The number of ether oxygens (including phenoxy) is 1. The predicted molar refractivity (Wildman–Crippen MR) is 93.7 cm³/mol. The lowest BCUT2D eigenvalue weighted by Gasteiger charge is -2.09. The van der Waals surface area contributed by atoms with E-state index in [0.29, 0.717) is 11.4 Å². The van der Waals surface area contributed by atoms with Crippen molar-refractivity contribution in [1.29, 1.82) is 5.26 Å². The van der Waals surface area contributed by atoms with Crippen LogP contribution in [-0.2, 0) is 4.79 Å². The number of amides is 1. The summed E-state index contributed by atoms with van der Waals surface area (Å²) >= 11 is 0. The van der Waals surface area contributed by atoms with Gasteiger partial charge in [0.25, 0.3) is 11.6 Å². The van der Waals surface area contributed by atoms with Crippen molar-refractivity contribution in [2.24, 2.45) is 0 Å². The molecule has 132 valence electrons. The number of aromatic hydroxyl groups is 1. The summed E-state index contributed by atoms with van der Waals surface area (Å²) in [7, 11) is 1.39. The third kappa shape index (κ3) is 4.48. The maximum Gasteiger partial charge on any atom is 0.271 e. The number of anilines is 2. The Hall–Kier alpha value is -4.06. The summed E-state index contributed by atoms with van der Waals surface area (Å²) in [5.41, 5.74) is 0.189. The first-order valence-corrected chi connectivity index (χ1v) is 7.24. The number of rotatable bonds is 6. The molecule has 0 spiro atoms. The van der Waals surface area contributed by atoms with Crippen LogP contribution in [0.3, 0.4) is 0 Å². The molecule has 0 aliphatic rings. The van der Waals surface area contributed by atoms with E-state index in [1.54, 1.807) is 6.07 Å². The molecule has 0 bridgehead atoms. The smallest absolute Gasteiger partial charge is 0.271 e. The summed E-state index contributed by atoms with van der Waals surface area (Å²) in [5.74, 6) is -0.336. The Balaban J connectivity index is 2.20. The number of carbonyl (C=O) groups excluding carboxylic acids is 1. The molecule has 9 nitrogen and oxygen atoms in total. The summed E-state index contributed by atoms with van der Waals surface area (Å²) in [6, 6.07) is 11.4. The second kappa shape index (κ2) is 8.16. The Morgan fingerprint density at radius 2 is 2.00 bits per heavy atom. The molecule has 3 N–H and O–H groups in total. The monoisotopic (exact) mass is 354 g/mol. The molecule has 0 saturated heterocycles. The van der Waals surface area contributed by atoms with E-state index >= 15 is 0 Å². The highest BCUT2D eigenvalue weighted by Crippen LogP contribution is 2.29. The topological polar surface area (TPSA) is 138 Å². The summed E-state index contributed by atoms with van der Waals surface area (Å²) < 4.78 is 5.09. The zero-order valence-electron chi connectivity index (χ0n) is 13.6. The van der Waals surface area contributed by atoms with Crippen molar-refractivity contribution in [2.45, 2.75) is 0 Å². The zero-order valence-corrected chi connectivity index (χ0v) is 13.6. The number of nitro benzene ring substituents is 1. The lowest BCUT2D eigenvalue weighted by molar-refractivity contribution is -0.384. The quantitative estimate of drug-likeness (QED) is 0.238.